The van der Waals surface area contributed by atoms with Crippen LogP contribution in [0.5, 0.6) is 5.75 Å². The molecule has 0 aliphatic carbocycles. The highest BCUT2D eigenvalue weighted by Gasteiger charge is 2.11. The van der Waals surface area contributed by atoms with Gasteiger partial charge in [0.1, 0.15) is 5.75 Å². The molecule has 2 rings (SSSR count). The fourth-order valence-corrected chi connectivity index (χ4v) is 1.99. The van der Waals surface area contributed by atoms with Crippen molar-refractivity contribution >= 4 is 5.91 Å². The van der Waals surface area contributed by atoms with Crippen LogP contribution < -0.4 is 4.74 Å². The van der Waals surface area contributed by atoms with E-state index in [9.17, 15) is 4.79 Å². The number of benzene rings is 2. The van der Waals surface area contributed by atoms with E-state index in [1.54, 1.807) is 36.3 Å². The Bertz CT molecular complexity index is 573. The first-order chi connectivity index (χ1) is 9.60. The van der Waals surface area contributed by atoms with Crippen LogP contribution in [0.2, 0.25) is 0 Å². The van der Waals surface area contributed by atoms with Crippen molar-refractivity contribution in [3.05, 3.63) is 65.2 Å². The van der Waals surface area contributed by atoms with Gasteiger partial charge in [-0.1, -0.05) is 29.8 Å². The van der Waals surface area contributed by atoms with Crippen LogP contribution in [-0.2, 0) is 6.54 Å². The van der Waals surface area contributed by atoms with Crippen LogP contribution in [0.25, 0.3) is 0 Å². The molecule has 0 fully saturated rings. The lowest BCUT2D eigenvalue weighted by atomic mass is 10.1. The van der Waals surface area contributed by atoms with E-state index < -0.39 is 0 Å². The van der Waals surface area contributed by atoms with Gasteiger partial charge in [-0.05, 0) is 36.8 Å². The smallest absolute Gasteiger partial charge is 0.253 e. The van der Waals surface area contributed by atoms with Gasteiger partial charge < -0.3 is 9.64 Å². The fourth-order valence-electron chi connectivity index (χ4n) is 1.99. The van der Waals surface area contributed by atoms with E-state index in [1.165, 1.54) is 5.56 Å². The van der Waals surface area contributed by atoms with Gasteiger partial charge in [0, 0.05) is 19.2 Å². The minimum atomic E-state index is 0.00762. The molecule has 104 valence electrons. The third-order valence-corrected chi connectivity index (χ3v) is 3.22. The summed E-state index contributed by atoms with van der Waals surface area (Å²) in [5, 5.41) is 0. The molecule has 0 aliphatic rings. The van der Waals surface area contributed by atoms with Gasteiger partial charge in [0.05, 0.1) is 7.11 Å². The molecule has 0 N–H and O–H groups in total. The maximum atomic E-state index is 12.3. The van der Waals surface area contributed by atoms with Crippen molar-refractivity contribution in [1.29, 1.82) is 0 Å². The lowest BCUT2D eigenvalue weighted by Gasteiger charge is -2.17. The summed E-state index contributed by atoms with van der Waals surface area (Å²) in [5.74, 6) is 0.760. The highest BCUT2D eigenvalue weighted by atomic mass is 16.5. The van der Waals surface area contributed by atoms with Gasteiger partial charge in [-0.2, -0.15) is 0 Å². The third kappa shape index (κ3) is 3.38. The lowest BCUT2D eigenvalue weighted by molar-refractivity contribution is 0.0785. The third-order valence-electron chi connectivity index (χ3n) is 3.22. The number of ether oxygens (including phenoxy) is 1. The Hall–Kier alpha value is -2.29. The minimum absolute atomic E-state index is 0.00762. The molecule has 0 spiro atoms. The first-order valence-corrected chi connectivity index (χ1v) is 6.55. The second-order valence-corrected chi connectivity index (χ2v) is 4.88. The molecule has 0 saturated carbocycles. The zero-order chi connectivity index (χ0) is 14.5. The van der Waals surface area contributed by atoms with E-state index >= 15 is 0 Å². The van der Waals surface area contributed by atoms with Gasteiger partial charge in [0.2, 0.25) is 0 Å². The van der Waals surface area contributed by atoms with E-state index in [0.717, 1.165) is 11.3 Å². The number of hydrogen-bond donors (Lipinski definition) is 0. The first-order valence-electron chi connectivity index (χ1n) is 6.55. The predicted molar refractivity (Wildman–Crippen MR) is 80.0 cm³/mol. The van der Waals surface area contributed by atoms with Gasteiger partial charge in [-0.3, -0.25) is 4.79 Å². The van der Waals surface area contributed by atoms with Crippen molar-refractivity contribution in [1.82, 2.24) is 4.90 Å². The minimum Gasteiger partial charge on any atom is -0.497 e. The SMILES string of the molecule is COc1ccc(C(=O)N(C)Cc2ccc(C)cc2)cc1. The summed E-state index contributed by atoms with van der Waals surface area (Å²) < 4.78 is 5.09. The van der Waals surface area contributed by atoms with Crippen LogP contribution in [0.3, 0.4) is 0 Å². The van der Waals surface area contributed by atoms with Crippen molar-refractivity contribution in [3.8, 4) is 5.75 Å². The maximum Gasteiger partial charge on any atom is 0.253 e. The molecule has 20 heavy (non-hydrogen) atoms. The number of carbonyl (C=O) groups excluding carboxylic acids is 1. The Morgan fingerprint density at radius 1 is 1.05 bits per heavy atom. The second-order valence-electron chi connectivity index (χ2n) is 4.88. The second kappa shape index (κ2) is 6.24. The number of aryl methyl sites for hydroxylation is 1. The number of amides is 1. The molecule has 0 aliphatic heterocycles. The van der Waals surface area contributed by atoms with Gasteiger partial charge in [0.25, 0.3) is 5.91 Å². The van der Waals surface area contributed by atoms with Crippen molar-refractivity contribution in [3.63, 3.8) is 0 Å². The van der Waals surface area contributed by atoms with Crippen LogP contribution >= 0.6 is 0 Å². The molecular formula is C17H19NO2. The van der Waals surface area contributed by atoms with Crippen molar-refractivity contribution in [2.45, 2.75) is 13.5 Å². The summed E-state index contributed by atoms with van der Waals surface area (Å²) in [6, 6.07) is 15.4. The molecule has 0 heterocycles. The van der Waals surface area contributed by atoms with E-state index in [0.29, 0.717) is 12.1 Å². The topological polar surface area (TPSA) is 29.5 Å². The highest BCUT2D eigenvalue weighted by molar-refractivity contribution is 5.94. The van der Waals surface area contributed by atoms with E-state index in [-0.39, 0.29) is 5.91 Å². The summed E-state index contributed by atoms with van der Waals surface area (Å²) in [7, 11) is 3.42. The molecule has 3 heteroatoms. The number of nitrogens with zero attached hydrogens (tertiary/aromatic N) is 1. The number of hydrogen-bond acceptors (Lipinski definition) is 2. The fraction of sp³-hybridized carbons (Fsp3) is 0.235. The van der Waals surface area contributed by atoms with Crippen molar-refractivity contribution in [2.24, 2.45) is 0 Å². The van der Waals surface area contributed by atoms with Crippen LogP contribution in [0.15, 0.2) is 48.5 Å². The number of rotatable bonds is 4. The summed E-state index contributed by atoms with van der Waals surface area (Å²) in [4.78, 5) is 14.0. The average Bonchev–Trinajstić information content (AvgIpc) is 2.49. The molecule has 1 amide bonds. The van der Waals surface area contributed by atoms with Crippen LogP contribution in [0.1, 0.15) is 21.5 Å². The highest BCUT2D eigenvalue weighted by Crippen LogP contribution is 2.14. The largest absolute Gasteiger partial charge is 0.497 e. The van der Waals surface area contributed by atoms with Gasteiger partial charge in [-0.25, -0.2) is 0 Å². The van der Waals surface area contributed by atoms with E-state index in [2.05, 4.69) is 19.1 Å². The van der Waals surface area contributed by atoms with Crippen molar-refractivity contribution in [2.75, 3.05) is 14.2 Å². The Balaban J connectivity index is 2.05. The molecular weight excluding hydrogens is 250 g/mol. The summed E-state index contributed by atoms with van der Waals surface area (Å²) >= 11 is 0. The molecule has 0 aromatic heterocycles. The molecule has 2 aromatic carbocycles. The first kappa shape index (κ1) is 14.1. The summed E-state index contributed by atoms with van der Waals surface area (Å²) in [6.07, 6.45) is 0. The van der Waals surface area contributed by atoms with Crippen LogP contribution in [0, 0.1) is 6.92 Å². The standard InChI is InChI=1S/C17H19NO2/c1-13-4-6-14(7-5-13)12-18(2)17(19)15-8-10-16(20-3)11-9-15/h4-11H,12H2,1-3H3. The molecule has 3 nitrogen and oxygen atoms in total. The number of carbonyl (C=O) groups is 1. The van der Waals surface area contributed by atoms with Crippen LogP contribution in [0.4, 0.5) is 0 Å². The van der Waals surface area contributed by atoms with Crippen molar-refractivity contribution < 1.29 is 9.53 Å². The Kier molecular flexibility index (Phi) is 4.41. The molecule has 0 unspecified atom stereocenters. The average molecular weight is 269 g/mol. The van der Waals surface area contributed by atoms with Gasteiger partial charge in [-0.15, -0.1) is 0 Å². The molecule has 2 aromatic rings. The molecule has 0 saturated heterocycles. The Labute approximate surface area is 119 Å². The van der Waals surface area contributed by atoms with E-state index in [4.69, 9.17) is 4.74 Å². The normalized spacial score (nSPS) is 10.2. The Morgan fingerprint density at radius 2 is 1.65 bits per heavy atom. The summed E-state index contributed by atoms with van der Waals surface area (Å²) in [6.45, 7) is 2.65. The lowest BCUT2D eigenvalue weighted by Crippen LogP contribution is -2.26. The summed E-state index contributed by atoms with van der Waals surface area (Å²) in [5.41, 5.74) is 3.01. The number of methoxy groups -OCH3 is 1. The van der Waals surface area contributed by atoms with E-state index in [1.807, 2.05) is 19.2 Å². The molecule has 0 radical (unpaired) electrons. The van der Waals surface area contributed by atoms with Gasteiger partial charge in [0.15, 0.2) is 0 Å². The zero-order valence-electron chi connectivity index (χ0n) is 12.1. The predicted octanol–water partition coefficient (Wildman–Crippen LogP) is 3.28. The maximum absolute atomic E-state index is 12.3. The monoisotopic (exact) mass is 269 g/mol. The van der Waals surface area contributed by atoms with Crippen LogP contribution in [-0.4, -0.2) is 25.0 Å². The quantitative estimate of drug-likeness (QED) is 0.852. The molecule has 0 bridgehead atoms. The van der Waals surface area contributed by atoms with Gasteiger partial charge >= 0.3 is 0 Å². The molecule has 0 atom stereocenters. The Morgan fingerprint density at radius 3 is 2.20 bits per heavy atom. The zero-order valence-corrected chi connectivity index (χ0v) is 12.1.